The summed E-state index contributed by atoms with van der Waals surface area (Å²) in [7, 11) is -2.50. The molecule has 0 fully saturated rings. The first kappa shape index (κ1) is 31.6. The van der Waals surface area contributed by atoms with Crippen LogP contribution in [0.15, 0.2) is 200 Å². The summed E-state index contributed by atoms with van der Waals surface area (Å²) in [6, 6.07) is 66.8. The van der Waals surface area contributed by atoms with Gasteiger partial charge in [0, 0.05) is 18.9 Å². The average Bonchev–Trinajstić information content (AvgIpc) is 3.80. The van der Waals surface area contributed by atoms with Crippen LogP contribution >= 0.6 is 47.0 Å². The third-order valence-electron chi connectivity index (χ3n) is 8.13. The van der Waals surface area contributed by atoms with Gasteiger partial charge in [-0.15, -0.1) is 0 Å². The third-order valence-corrected chi connectivity index (χ3v) is 20.8. The van der Waals surface area contributed by atoms with E-state index in [1.165, 1.54) is 59.2 Å². The van der Waals surface area contributed by atoms with E-state index < -0.39 is 17.6 Å². The second kappa shape index (κ2) is 14.9. The Labute approximate surface area is 303 Å². The zero-order valence-electron chi connectivity index (χ0n) is 26.0. The lowest BCUT2D eigenvalue weighted by Gasteiger charge is -2.19. The van der Waals surface area contributed by atoms with E-state index in [0.717, 1.165) is 0 Å². The van der Waals surface area contributed by atoms with Crippen molar-refractivity contribution in [3.63, 3.8) is 0 Å². The molecule has 0 bridgehead atoms. The normalized spacial score (nSPS) is 16.4. The summed E-state index contributed by atoms with van der Waals surface area (Å²) in [4.78, 5) is 2.80. The number of benzene rings is 6. The molecule has 6 aromatic rings. The molecule has 230 valence electrons. The zero-order chi connectivity index (χ0) is 32.1. The van der Waals surface area contributed by atoms with Crippen molar-refractivity contribution in [3.8, 4) is 0 Å². The molecule has 0 unspecified atom stereocenters. The molecule has 2 radical (unpaired) electrons. The summed E-state index contributed by atoms with van der Waals surface area (Å²) in [5, 5.41) is 5.69. The Morgan fingerprint density at radius 1 is 0.271 bits per heavy atom. The summed E-state index contributed by atoms with van der Waals surface area (Å²) in [5.41, 5.74) is 2.61. The van der Waals surface area contributed by atoms with E-state index in [1.807, 2.05) is 47.0 Å². The molecular formula is C42H30S4Si2. The summed E-state index contributed by atoms with van der Waals surface area (Å²) < 4.78 is 5.81. The van der Waals surface area contributed by atoms with Crippen molar-refractivity contribution >= 4 is 95.2 Å². The van der Waals surface area contributed by atoms with Gasteiger partial charge in [-0.2, -0.15) is 0 Å². The number of thioether (sulfide) groups is 4. The van der Waals surface area contributed by atoms with Crippen LogP contribution in [-0.2, 0) is 0 Å². The Morgan fingerprint density at radius 2 is 0.521 bits per heavy atom. The van der Waals surface area contributed by atoms with Gasteiger partial charge in [0.2, 0.25) is 0 Å². The van der Waals surface area contributed by atoms with Crippen LogP contribution in [0.3, 0.4) is 0 Å². The van der Waals surface area contributed by atoms with Gasteiger partial charge in [0.15, 0.2) is 17.6 Å². The molecule has 0 aliphatic carbocycles. The van der Waals surface area contributed by atoms with E-state index in [0.29, 0.717) is 0 Å². The fraction of sp³-hybridized carbons (Fsp3) is 0. The molecule has 48 heavy (non-hydrogen) atoms. The number of hydrogen-bond acceptors (Lipinski definition) is 4. The van der Waals surface area contributed by atoms with Crippen LogP contribution in [0.4, 0.5) is 0 Å². The minimum Gasteiger partial charge on any atom is -0.0882 e. The Kier molecular flexibility index (Phi) is 9.80. The predicted octanol–water partition coefficient (Wildman–Crippen LogP) is 9.51. The van der Waals surface area contributed by atoms with Gasteiger partial charge >= 0.3 is 0 Å². The van der Waals surface area contributed by atoms with E-state index in [9.17, 15) is 0 Å². The Hall–Kier alpha value is -3.63. The summed E-state index contributed by atoms with van der Waals surface area (Å²) in [6.45, 7) is 0. The van der Waals surface area contributed by atoms with E-state index in [2.05, 4.69) is 182 Å². The van der Waals surface area contributed by atoms with Gasteiger partial charge in [-0.1, -0.05) is 250 Å². The molecule has 0 saturated carbocycles. The van der Waals surface area contributed by atoms with E-state index in [-0.39, 0.29) is 0 Å². The van der Waals surface area contributed by atoms with Gasteiger partial charge in [-0.25, -0.2) is 0 Å². The van der Waals surface area contributed by atoms with Crippen LogP contribution in [0.2, 0.25) is 0 Å². The lowest BCUT2D eigenvalue weighted by atomic mass is 10.2. The quantitative estimate of drug-likeness (QED) is 0.144. The molecule has 0 saturated heterocycles. The first-order chi connectivity index (χ1) is 23.8. The topological polar surface area (TPSA) is 0 Å². The van der Waals surface area contributed by atoms with Gasteiger partial charge < -0.3 is 0 Å². The molecule has 2 heterocycles. The van der Waals surface area contributed by atoms with Gasteiger partial charge in [-0.05, 0) is 11.1 Å². The van der Waals surface area contributed by atoms with Crippen LogP contribution in [-0.4, -0.2) is 17.6 Å². The Morgan fingerprint density at radius 3 is 0.792 bits per heavy atom. The Balaban J connectivity index is 1.26. The molecule has 2 aliphatic heterocycles. The molecule has 0 atom stereocenters. The SMILES string of the molecule is c1ccc(C2=C([Si](c3ccccc3)c3ccccc3)S/C(=C3/SC(c4ccccc4)=C([Si](c4ccccc4)c4ccccc4)S3)S2)cc1. The van der Waals surface area contributed by atoms with Crippen molar-refractivity contribution in [1.29, 1.82) is 0 Å². The molecule has 6 aromatic carbocycles. The van der Waals surface area contributed by atoms with E-state index in [4.69, 9.17) is 0 Å². The van der Waals surface area contributed by atoms with Gasteiger partial charge in [-0.3, -0.25) is 0 Å². The van der Waals surface area contributed by atoms with Crippen molar-refractivity contribution in [3.05, 3.63) is 211 Å². The predicted molar refractivity (Wildman–Crippen MR) is 220 cm³/mol. The standard InChI is InChI=1S/C42H30S4Si2/c1-7-19-31(20-8-1)37-41(47(33-23-11-3-12-24-33)34-25-13-4-14-26-34)45-39(43-37)40-44-38(32-21-9-2-10-22-32)42(46-40)48(35-27-15-5-16-28-35)36-29-17-6-18-30-36/h1-30H/b40-39-. The molecule has 0 nitrogen and oxygen atoms in total. The molecule has 0 N–H and O–H groups in total. The highest BCUT2D eigenvalue weighted by molar-refractivity contribution is 8.38. The van der Waals surface area contributed by atoms with Crippen molar-refractivity contribution in [2.45, 2.75) is 0 Å². The first-order valence-electron chi connectivity index (χ1n) is 15.8. The van der Waals surface area contributed by atoms with Crippen LogP contribution in [0.1, 0.15) is 11.1 Å². The lowest BCUT2D eigenvalue weighted by molar-refractivity contribution is 1.65. The maximum Gasteiger partial charge on any atom is 0.165 e. The second-order valence-corrected chi connectivity index (χ2v) is 21.4. The molecule has 0 spiro atoms. The number of rotatable bonds is 8. The second-order valence-electron chi connectivity index (χ2n) is 11.2. The van der Waals surface area contributed by atoms with Gasteiger partial charge in [0.05, 0.1) is 8.47 Å². The largest absolute Gasteiger partial charge is 0.165 e. The maximum atomic E-state index is 2.33. The van der Waals surface area contributed by atoms with Crippen LogP contribution < -0.4 is 20.7 Å². The first-order valence-corrected chi connectivity index (χ1v) is 22.1. The van der Waals surface area contributed by atoms with Crippen LogP contribution in [0, 0.1) is 0 Å². The zero-order valence-corrected chi connectivity index (χ0v) is 31.2. The molecule has 6 heteroatoms. The monoisotopic (exact) mass is 718 g/mol. The highest BCUT2D eigenvalue weighted by Crippen LogP contribution is 2.63. The highest BCUT2D eigenvalue weighted by atomic mass is 32.2. The van der Waals surface area contributed by atoms with Crippen molar-refractivity contribution in [2.24, 2.45) is 0 Å². The van der Waals surface area contributed by atoms with Crippen molar-refractivity contribution in [2.75, 3.05) is 0 Å². The smallest absolute Gasteiger partial charge is 0.0882 e. The summed E-state index contributed by atoms with van der Waals surface area (Å²) in [5.74, 6) is 0. The molecular weight excluding hydrogens is 689 g/mol. The minimum absolute atomic E-state index is 1.25. The van der Waals surface area contributed by atoms with Crippen LogP contribution in [0.5, 0.6) is 0 Å². The highest BCUT2D eigenvalue weighted by Gasteiger charge is 2.38. The van der Waals surface area contributed by atoms with Gasteiger partial charge in [0.25, 0.3) is 0 Å². The summed E-state index contributed by atoms with van der Waals surface area (Å²) >= 11 is 8.00. The molecule has 2 aliphatic rings. The fourth-order valence-corrected chi connectivity index (χ4v) is 19.7. The average molecular weight is 719 g/mol. The van der Waals surface area contributed by atoms with E-state index >= 15 is 0 Å². The van der Waals surface area contributed by atoms with Crippen molar-refractivity contribution < 1.29 is 0 Å². The third kappa shape index (κ3) is 6.66. The molecule has 0 aromatic heterocycles. The van der Waals surface area contributed by atoms with Crippen molar-refractivity contribution in [1.82, 2.24) is 0 Å². The maximum absolute atomic E-state index is 2.33. The Bertz CT molecular complexity index is 1870. The lowest BCUT2D eigenvalue weighted by Crippen LogP contribution is -2.43. The van der Waals surface area contributed by atoms with Crippen LogP contribution in [0.25, 0.3) is 9.81 Å². The van der Waals surface area contributed by atoms with Gasteiger partial charge in [0.1, 0.15) is 0 Å². The minimum atomic E-state index is -1.25. The van der Waals surface area contributed by atoms with E-state index in [1.54, 1.807) is 0 Å². The summed E-state index contributed by atoms with van der Waals surface area (Å²) in [6.07, 6.45) is 0. The molecule has 8 rings (SSSR count). The number of hydrogen-bond donors (Lipinski definition) is 0. The molecule has 0 amide bonds. The fourth-order valence-electron chi connectivity index (χ4n) is 5.93.